The quantitative estimate of drug-likeness (QED) is 0.557. The number of hydrogen-bond donors (Lipinski definition) is 3. The topological polar surface area (TPSA) is 102 Å². The van der Waals surface area contributed by atoms with Crippen LogP contribution in [0, 0.1) is 5.92 Å². The number of nitrogens with zero attached hydrogens (tertiary/aromatic N) is 2. The van der Waals surface area contributed by atoms with Crippen molar-refractivity contribution in [1.29, 1.82) is 0 Å². The summed E-state index contributed by atoms with van der Waals surface area (Å²) in [6, 6.07) is 3.71. The lowest BCUT2D eigenvalue weighted by Crippen LogP contribution is -2.23. The molecule has 0 atom stereocenters. The summed E-state index contributed by atoms with van der Waals surface area (Å²) in [4.78, 5) is 8.64. The third kappa shape index (κ3) is 5.84. The van der Waals surface area contributed by atoms with E-state index in [-0.39, 0.29) is 24.8 Å². The van der Waals surface area contributed by atoms with Crippen LogP contribution in [0.5, 0.6) is 0 Å². The molecule has 2 heterocycles. The van der Waals surface area contributed by atoms with Gasteiger partial charge < -0.3 is 21.2 Å². The number of halogens is 2. The summed E-state index contributed by atoms with van der Waals surface area (Å²) in [5.41, 5.74) is 12.1. The molecule has 2 rings (SSSR count). The zero-order valence-electron chi connectivity index (χ0n) is 12.4. The summed E-state index contributed by atoms with van der Waals surface area (Å²) >= 11 is 1.45. The molecule has 0 aliphatic rings. The normalized spacial score (nSPS) is 11.0. The van der Waals surface area contributed by atoms with Crippen molar-refractivity contribution in [1.82, 2.24) is 4.98 Å². The fraction of sp³-hybridized carbons (Fsp3) is 0.385. The summed E-state index contributed by atoms with van der Waals surface area (Å²) in [6.07, 6.45) is 0. The van der Waals surface area contributed by atoms with E-state index in [0.717, 1.165) is 11.5 Å². The van der Waals surface area contributed by atoms with Gasteiger partial charge in [0.05, 0.1) is 6.54 Å². The highest BCUT2D eigenvalue weighted by Crippen LogP contribution is 2.26. The maximum atomic E-state index is 5.79. The highest BCUT2D eigenvalue weighted by atomic mass is 35.5. The van der Waals surface area contributed by atoms with E-state index in [1.54, 1.807) is 0 Å². The maximum Gasteiger partial charge on any atom is 0.194 e. The molecular formula is C13H21Cl2N5OS. The van der Waals surface area contributed by atoms with Crippen LogP contribution in [0.4, 0.5) is 5.13 Å². The molecule has 0 bridgehead atoms. The number of furan rings is 1. The number of nitrogens with two attached hydrogens (primary N) is 2. The van der Waals surface area contributed by atoms with Gasteiger partial charge in [0.15, 0.2) is 16.9 Å². The molecule has 0 spiro atoms. The molecule has 0 aliphatic heterocycles. The molecule has 6 nitrogen and oxygen atoms in total. The van der Waals surface area contributed by atoms with E-state index in [2.05, 4.69) is 29.1 Å². The molecule has 0 fully saturated rings. The molecule has 0 saturated carbocycles. The van der Waals surface area contributed by atoms with Crippen molar-refractivity contribution in [3.05, 3.63) is 23.3 Å². The third-order valence-electron chi connectivity index (χ3n) is 2.48. The van der Waals surface area contributed by atoms with Crippen molar-refractivity contribution in [2.45, 2.75) is 20.4 Å². The lowest BCUT2D eigenvalue weighted by atomic mass is 10.2. The number of aliphatic imine (C=N–C) groups is 1. The summed E-state index contributed by atoms with van der Waals surface area (Å²) in [7, 11) is 0. The van der Waals surface area contributed by atoms with E-state index >= 15 is 0 Å². The first-order valence-electron chi connectivity index (χ1n) is 6.40. The fourth-order valence-electron chi connectivity index (χ4n) is 1.50. The average molecular weight is 366 g/mol. The molecule has 0 amide bonds. The van der Waals surface area contributed by atoms with Gasteiger partial charge in [-0.25, -0.2) is 4.98 Å². The summed E-state index contributed by atoms with van der Waals surface area (Å²) in [5.74, 6) is 2.29. The Labute approximate surface area is 146 Å². The maximum absolute atomic E-state index is 5.79. The van der Waals surface area contributed by atoms with Crippen molar-refractivity contribution in [3.63, 3.8) is 0 Å². The summed E-state index contributed by atoms with van der Waals surface area (Å²) in [5, 5.41) is 5.57. The Hall–Kier alpha value is -1.28. The van der Waals surface area contributed by atoms with E-state index < -0.39 is 0 Å². The SMILES string of the molecule is CC(C)CN=C(N)Nc1nc(-c2ccc(CN)o2)cs1.Cl.Cl. The standard InChI is InChI=1S/C13H19N5OS.2ClH/c1-8(2)6-16-12(15)18-13-17-10(7-20-13)11-4-3-9(5-14)19-11;;/h3-4,7-8H,5-6,14H2,1-2H3,(H3,15,16,17,18);2*1H. The molecule has 0 aliphatic carbocycles. The molecular weight excluding hydrogens is 345 g/mol. The first-order valence-corrected chi connectivity index (χ1v) is 7.28. The molecule has 0 saturated heterocycles. The van der Waals surface area contributed by atoms with Crippen LogP contribution in [0.15, 0.2) is 26.9 Å². The molecule has 9 heteroatoms. The monoisotopic (exact) mass is 365 g/mol. The lowest BCUT2D eigenvalue weighted by Gasteiger charge is -2.03. The Morgan fingerprint density at radius 1 is 1.41 bits per heavy atom. The second-order valence-corrected chi connectivity index (χ2v) is 5.61. The van der Waals surface area contributed by atoms with E-state index in [1.807, 2.05) is 17.5 Å². The first-order chi connectivity index (χ1) is 9.58. The van der Waals surface area contributed by atoms with Crippen LogP contribution in [0.3, 0.4) is 0 Å². The van der Waals surface area contributed by atoms with Gasteiger partial charge in [-0.2, -0.15) is 0 Å². The van der Waals surface area contributed by atoms with Gasteiger partial charge in [0.2, 0.25) is 0 Å². The zero-order chi connectivity index (χ0) is 14.5. The Morgan fingerprint density at radius 3 is 2.73 bits per heavy atom. The Kier molecular flexibility index (Phi) is 9.12. The number of nitrogens with one attached hydrogen (secondary N) is 1. The highest BCUT2D eigenvalue weighted by molar-refractivity contribution is 7.14. The molecule has 22 heavy (non-hydrogen) atoms. The van der Waals surface area contributed by atoms with Crippen LogP contribution in [0.25, 0.3) is 11.5 Å². The predicted octanol–water partition coefficient (Wildman–Crippen LogP) is 3.09. The van der Waals surface area contributed by atoms with E-state index in [1.165, 1.54) is 11.3 Å². The minimum absolute atomic E-state index is 0. The van der Waals surface area contributed by atoms with Crippen molar-refractivity contribution in [2.24, 2.45) is 22.4 Å². The number of guanidine groups is 1. The molecule has 0 aromatic carbocycles. The van der Waals surface area contributed by atoms with Gasteiger partial charge in [0.1, 0.15) is 11.5 Å². The smallest absolute Gasteiger partial charge is 0.194 e. The van der Waals surface area contributed by atoms with Crippen molar-refractivity contribution in [3.8, 4) is 11.5 Å². The number of anilines is 1. The van der Waals surface area contributed by atoms with E-state index in [9.17, 15) is 0 Å². The van der Waals surface area contributed by atoms with Crippen LogP contribution in [-0.4, -0.2) is 17.5 Å². The van der Waals surface area contributed by atoms with Crippen molar-refractivity contribution >= 4 is 47.2 Å². The van der Waals surface area contributed by atoms with Crippen LogP contribution < -0.4 is 16.8 Å². The van der Waals surface area contributed by atoms with E-state index in [4.69, 9.17) is 15.9 Å². The zero-order valence-corrected chi connectivity index (χ0v) is 14.9. The highest BCUT2D eigenvalue weighted by Gasteiger charge is 2.09. The molecule has 2 aromatic rings. The van der Waals surface area contributed by atoms with E-state index in [0.29, 0.717) is 35.9 Å². The number of aromatic nitrogens is 1. The lowest BCUT2D eigenvalue weighted by molar-refractivity contribution is 0.524. The van der Waals surface area contributed by atoms with Crippen molar-refractivity contribution < 1.29 is 4.42 Å². The van der Waals surface area contributed by atoms with Gasteiger partial charge in [-0.15, -0.1) is 36.2 Å². The minimum Gasteiger partial charge on any atom is -0.458 e. The van der Waals surface area contributed by atoms with Crippen LogP contribution in [-0.2, 0) is 6.54 Å². The van der Waals surface area contributed by atoms with Gasteiger partial charge in [-0.1, -0.05) is 13.8 Å². The van der Waals surface area contributed by atoms with Crippen molar-refractivity contribution in [2.75, 3.05) is 11.9 Å². The van der Waals surface area contributed by atoms with Crippen LogP contribution >= 0.6 is 36.2 Å². The number of rotatable bonds is 5. The van der Waals surface area contributed by atoms with Gasteiger partial charge in [-0.05, 0) is 18.1 Å². The second-order valence-electron chi connectivity index (χ2n) is 4.75. The van der Waals surface area contributed by atoms with Gasteiger partial charge >= 0.3 is 0 Å². The summed E-state index contributed by atoms with van der Waals surface area (Å²) < 4.78 is 5.55. The molecule has 5 N–H and O–H groups in total. The first kappa shape index (κ1) is 20.7. The van der Waals surface area contributed by atoms with Crippen LogP contribution in [0.2, 0.25) is 0 Å². The Bertz CT molecular complexity index is 597. The Balaban J connectivity index is 0.00000220. The molecule has 0 radical (unpaired) electrons. The summed E-state index contributed by atoms with van der Waals surface area (Å²) in [6.45, 7) is 5.24. The largest absolute Gasteiger partial charge is 0.458 e. The molecule has 2 aromatic heterocycles. The second kappa shape index (κ2) is 9.68. The average Bonchev–Trinajstić information content (AvgIpc) is 3.04. The van der Waals surface area contributed by atoms with Crippen LogP contribution in [0.1, 0.15) is 19.6 Å². The minimum atomic E-state index is 0. The van der Waals surface area contributed by atoms with Gasteiger partial charge in [-0.3, -0.25) is 4.99 Å². The number of hydrogen-bond acceptors (Lipinski definition) is 5. The predicted molar refractivity (Wildman–Crippen MR) is 97.2 cm³/mol. The van der Waals surface area contributed by atoms with Gasteiger partial charge in [0.25, 0.3) is 0 Å². The fourth-order valence-corrected chi connectivity index (χ4v) is 2.21. The number of thiazole rings is 1. The molecule has 124 valence electrons. The molecule has 0 unspecified atom stereocenters. The van der Waals surface area contributed by atoms with Gasteiger partial charge in [0, 0.05) is 11.9 Å². The third-order valence-corrected chi connectivity index (χ3v) is 3.24. The Morgan fingerprint density at radius 2 is 2.14 bits per heavy atom.